The van der Waals surface area contributed by atoms with Crippen molar-refractivity contribution in [2.45, 2.75) is 44.1 Å². The van der Waals surface area contributed by atoms with E-state index >= 15 is 0 Å². The maximum Gasteiger partial charge on any atom is 0.135 e. The van der Waals surface area contributed by atoms with Crippen LogP contribution in [0.3, 0.4) is 0 Å². The van der Waals surface area contributed by atoms with Crippen LogP contribution in [0.1, 0.15) is 60.9 Å². The number of aromatic nitrogens is 1. The molecular weight excluding hydrogens is 550 g/mol. The molecule has 9 rings (SSSR count). The molecule has 0 saturated carbocycles. The van der Waals surface area contributed by atoms with Crippen molar-refractivity contribution in [1.82, 2.24) is 4.57 Å². The summed E-state index contributed by atoms with van der Waals surface area (Å²) >= 11 is 0. The summed E-state index contributed by atoms with van der Waals surface area (Å²) in [5.41, 5.74) is 11.9. The molecule has 4 nitrogen and oxygen atoms in total. The van der Waals surface area contributed by atoms with Gasteiger partial charge in [-0.3, -0.25) is 0 Å². The van der Waals surface area contributed by atoms with Gasteiger partial charge in [-0.2, -0.15) is 10.5 Å². The number of allylic oxidation sites excluding steroid dienone is 2. The topological polar surface area (TPSA) is 65.7 Å². The number of benzene rings is 5. The van der Waals surface area contributed by atoms with Crippen LogP contribution >= 0.6 is 0 Å². The summed E-state index contributed by atoms with van der Waals surface area (Å²) in [4.78, 5) is 0. The third-order valence-corrected chi connectivity index (χ3v) is 10.4. The Morgan fingerprint density at radius 3 is 2.38 bits per heavy atom. The monoisotopic (exact) mass is 579 g/mol. The summed E-state index contributed by atoms with van der Waals surface area (Å²) in [7, 11) is 0. The molecule has 0 bridgehead atoms. The molecule has 0 spiro atoms. The van der Waals surface area contributed by atoms with Crippen molar-refractivity contribution in [3.8, 4) is 23.3 Å². The fraction of sp³-hybridized carbons (Fsp3) is 0.171. The van der Waals surface area contributed by atoms with Gasteiger partial charge in [0.15, 0.2) is 0 Å². The van der Waals surface area contributed by atoms with E-state index < -0.39 is 0 Å². The highest BCUT2D eigenvalue weighted by Crippen LogP contribution is 2.51. The van der Waals surface area contributed by atoms with Crippen molar-refractivity contribution in [1.29, 1.82) is 10.5 Å². The second-order valence-electron chi connectivity index (χ2n) is 13.1. The van der Waals surface area contributed by atoms with Gasteiger partial charge in [0, 0.05) is 49.5 Å². The average Bonchev–Trinajstić information content (AvgIpc) is 3.68. The highest BCUT2D eigenvalue weighted by atomic mass is 16.3. The van der Waals surface area contributed by atoms with Gasteiger partial charge in [0.25, 0.3) is 0 Å². The van der Waals surface area contributed by atoms with Crippen LogP contribution in [0.4, 0.5) is 0 Å². The maximum atomic E-state index is 9.97. The van der Waals surface area contributed by atoms with Crippen LogP contribution in [-0.2, 0) is 5.41 Å². The molecule has 4 heteroatoms. The first-order valence-corrected chi connectivity index (χ1v) is 15.6. The largest absolute Gasteiger partial charge is 0.456 e. The van der Waals surface area contributed by atoms with Gasteiger partial charge >= 0.3 is 0 Å². The molecule has 2 aliphatic rings. The van der Waals surface area contributed by atoms with E-state index in [0.717, 1.165) is 62.2 Å². The normalized spacial score (nSPS) is 18.5. The fourth-order valence-corrected chi connectivity index (χ4v) is 8.21. The van der Waals surface area contributed by atoms with E-state index in [2.05, 4.69) is 115 Å². The van der Waals surface area contributed by atoms with Gasteiger partial charge in [-0.05, 0) is 89.2 Å². The minimum absolute atomic E-state index is 0.0633. The Bertz CT molecular complexity index is 2510. The van der Waals surface area contributed by atoms with Crippen LogP contribution in [0.2, 0.25) is 0 Å². The molecule has 0 aliphatic heterocycles. The zero-order valence-corrected chi connectivity index (χ0v) is 25.1. The van der Waals surface area contributed by atoms with Gasteiger partial charge in [-0.1, -0.05) is 68.4 Å². The highest BCUT2D eigenvalue weighted by Gasteiger charge is 2.36. The van der Waals surface area contributed by atoms with Gasteiger partial charge in [-0.25, -0.2) is 0 Å². The first kappa shape index (κ1) is 25.9. The summed E-state index contributed by atoms with van der Waals surface area (Å²) in [6, 6.07) is 39.0. The Morgan fingerprint density at radius 2 is 1.51 bits per heavy atom. The summed E-state index contributed by atoms with van der Waals surface area (Å²) < 4.78 is 9.01. The van der Waals surface area contributed by atoms with Gasteiger partial charge in [-0.15, -0.1) is 0 Å². The van der Waals surface area contributed by atoms with Crippen LogP contribution in [0.25, 0.3) is 54.9 Å². The third-order valence-electron chi connectivity index (χ3n) is 10.4. The smallest absolute Gasteiger partial charge is 0.135 e. The molecule has 45 heavy (non-hydrogen) atoms. The molecule has 0 amide bonds. The van der Waals surface area contributed by atoms with Crippen LogP contribution < -0.4 is 0 Å². The summed E-state index contributed by atoms with van der Waals surface area (Å²) in [5, 5.41) is 24.0. The number of furan rings is 1. The quantitative estimate of drug-likeness (QED) is 0.205. The van der Waals surface area contributed by atoms with Crippen LogP contribution in [0.5, 0.6) is 0 Å². The summed E-state index contributed by atoms with van der Waals surface area (Å²) in [6.07, 6.45) is 3.76. The molecule has 2 atom stereocenters. The first-order chi connectivity index (χ1) is 22.0. The van der Waals surface area contributed by atoms with Crippen LogP contribution in [0.15, 0.2) is 113 Å². The lowest BCUT2D eigenvalue weighted by Gasteiger charge is -2.32. The molecule has 0 saturated heterocycles. The Kier molecular flexibility index (Phi) is 5.30. The molecule has 2 aliphatic carbocycles. The van der Waals surface area contributed by atoms with Crippen LogP contribution in [-0.4, -0.2) is 4.57 Å². The minimum Gasteiger partial charge on any atom is -0.456 e. The maximum absolute atomic E-state index is 9.97. The second kappa shape index (κ2) is 9.21. The van der Waals surface area contributed by atoms with E-state index in [-0.39, 0.29) is 17.4 Å². The number of fused-ring (bicyclic) bond motifs is 9. The van der Waals surface area contributed by atoms with E-state index in [0.29, 0.717) is 5.56 Å². The van der Waals surface area contributed by atoms with Crippen molar-refractivity contribution in [3.63, 3.8) is 0 Å². The highest BCUT2D eigenvalue weighted by molar-refractivity contribution is 6.09. The van der Waals surface area contributed by atoms with E-state index in [9.17, 15) is 10.5 Å². The first-order valence-electron chi connectivity index (χ1n) is 15.6. The van der Waals surface area contributed by atoms with Gasteiger partial charge in [0.1, 0.15) is 11.2 Å². The molecule has 0 N–H and O–H groups in total. The summed E-state index contributed by atoms with van der Waals surface area (Å²) in [5.74, 6) is 0.144. The molecule has 7 aromatic rings. The van der Waals surface area contributed by atoms with Crippen molar-refractivity contribution >= 4 is 43.7 Å². The standard InChI is InChI=1S/C41H29N3O/c1-41(2)34-9-5-3-7-28(34)31-20-33-30-15-13-26(19-39(30)45-40(33)21-35(31)41)27-14-11-25(23-43)18-38(27)44-36-10-6-4-8-29(36)32-17-24(22-42)12-16-37(32)44/h3-10,12-13,15-21,27,38H,11,14H2,1-2H3. The molecule has 214 valence electrons. The summed E-state index contributed by atoms with van der Waals surface area (Å²) in [6.45, 7) is 4.60. The zero-order chi connectivity index (χ0) is 30.4. The van der Waals surface area contributed by atoms with E-state index in [4.69, 9.17) is 4.42 Å². The lowest BCUT2D eigenvalue weighted by atomic mass is 9.80. The predicted molar refractivity (Wildman–Crippen MR) is 180 cm³/mol. The molecule has 2 unspecified atom stereocenters. The van der Waals surface area contributed by atoms with Crippen molar-refractivity contribution in [2.24, 2.45) is 0 Å². The van der Waals surface area contributed by atoms with E-state index in [1.54, 1.807) is 0 Å². The second-order valence-corrected chi connectivity index (χ2v) is 13.1. The molecule has 0 fully saturated rings. The SMILES string of the molecule is CC1(C)c2ccccc2-c2cc3c(cc21)oc1cc(C2CCC(C#N)=CC2n2c4ccccc4c4cc(C#N)ccc42)ccc13. The van der Waals surface area contributed by atoms with Crippen LogP contribution in [0, 0.1) is 22.7 Å². The van der Waals surface area contributed by atoms with E-state index in [1.165, 1.54) is 27.8 Å². The number of nitrogens with zero attached hydrogens (tertiary/aromatic N) is 3. The molecule has 5 aromatic carbocycles. The number of nitriles is 2. The zero-order valence-electron chi connectivity index (χ0n) is 25.1. The third kappa shape index (κ3) is 3.57. The number of para-hydroxylation sites is 1. The molecule has 2 aromatic heterocycles. The average molecular weight is 580 g/mol. The van der Waals surface area contributed by atoms with Crippen molar-refractivity contribution in [2.75, 3.05) is 0 Å². The Balaban J connectivity index is 1.22. The molecule has 2 heterocycles. The van der Waals surface area contributed by atoms with Crippen molar-refractivity contribution in [3.05, 3.63) is 131 Å². The lowest BCUT2D eigenvalue weighted by molar-refractivity contribution is 0.458. The Hall–Kier alpha value is -5.58. The number of hydrogen-bond acceptors (Lipinski definition) is 3. The Morgan fingerprint density at radius 1 is 0.711 bits per heavy atom. The predicted octanol–water partition coefficient (Wildman–Crippen LogP) is 10.4. The number of rotatable bonds is 2. The molecular formula is C41H29N3O. The Labute approximate surface area is 261 Å². The van der Waals surface area contributed by atoms with Crippen molar-refractivity contribution < 1.29 is 4.42 Å². The lowest BCUT2D eigenvalue weighted by Crippen LogP contribution is -2.20. The molecule has 0 radical (unpaired) electrons. The van der Waals surface area contributed by atoms with E-state index in [1.807, 2.05) is 18.2 Å². The van der Waals surface area contributed by atoms with Gasteiger partial charge in [0.05, 0.1) is 23.7 Å². The minimum atomic E-state index is -0.0827. The van der Waals surface area contributed by atoms with Gasteiger partial charge in [0.2, 0.25) is 0 Å². The van der Waals surface area contributed by atoms with Gasteiger partial charge < -0.3 is 8.98 Å². The number of hydrogen-bond donors (Lipinski definition) is 0. The fourth-order valence-electron chi connectivity index (χ4n) is 8.21.